The number of aliphatic hydroxyl groups is 1. The lowest BCUT2D eigenvalue weighted by atomic mass is 10.4. The van der Waals surface area contributed by atoms with E-state index < -0.39 is 16.4 Å². The second kappa shape index (κ2) is 8.10. The summed E-state index contributed by atoms with van der Waals surface area (Å²) in [6.07, 6.45) is -0.961. The van der Waals surface area contributed by atoms with E-state index in [1.165, 1.54) is 7.05 Å². The van der Waals surface area contributed by atoms with Crippen molar-refractivity contribution in [2.45, 2.75) is 6.10 Å². The summed E-state index contributed by atoms with van der Waals surface area (Å²) in [5, 5.41) is 9.54. The average Bonchev–Trinajstić information content (AvgIpc) is 2.35. The van der Waals surface area contributed by atoms with Crippen molar-refractivity contribution in [1.29, 1.82) is 0 Å². The molecule has 0 aromatic rings. The van der Waals surface area contributed by atoms with E-state index in [0.29, 0.717) is 10.9 Å². The van der Waals surface area contributed by atoms with Gasteiger partial charge in [-0.05, 0) is 0 Å². The first-order valence-electron chi connectivity index (χ1n) is 6.14. The summed E-state index contributed by atoms with van der Waals surface area (Å²) in [6.45, 7) is 4.25. The quantitative estimate of drug-likeness (QED) is 0.412. The highest BCUT2D eigenvalue weighted by Gasteiger charge is 2.17. The first kappa shape index (κ1) is 16.8. The van der Waals surface area contributed by atoms with E-state index in [4.69, 9.17) is 14.0 Å². The molecule has 1 rings (SSSR count). The van der Waals surface area contributed by atoms with E-state index in [0.717, 1.165) is 32.8 Å². The lowest BCUT2D eigenvalue weighted by molar-refractivity contribution is -0.00138. The second-order valence-electron chi connectivity index (χ2n) is 4.44. The summed E-state index contributed by atoms with van der Waals surface area (Å²) in [7, 11) is -3.06. The molecule has 0 unspecified atom stereocenters. The summed E-state index contributed by atoms with van der Waals surface area (Å²) in [4.78, 5) is 2.19. The molecular formula is C10H22N2O6S. The Morgan fingerprint density at radius 3 is 2.63 bits per heavy atom. The highest BCUT2D eigenvalue weighted by molar-refractivity contribution is 7.83. The zero-order valence-corrected chi connectivity index (χ0v) is 11.9. The van der Waals surface area contributed by atoms with Crippen LogP contribution in [0, 0.1) is 0 Å². The van der Waals surface area contributed by atoms with Gasteiger partial charge in [-0.3, -0.25) is 9.45 Å². The van der Waals surface area contributed by atoms with Crippen LogP contribution in [0.25, 0.3) is 0 Å². The Morgan fingerprint density at radius 2 is 2.05 bits per heavy atom. The van der Waals surface area contributed by atoms with Crippen LogP contribution in [0.15, 0.2) is 0 Å². The Labute approximate surface area is 113 Å². The molecule has 1 saturated heterocycles. The number of ether oxygens (including phenoxy) is 2. The predicted molar refractivity (Wildman–Crippen MR) is 68.3 cm³/mol. The zero-order valence-electron chi connectivity index (χ0n) is 11.1. The van der Waals surface area contributed by atoms with Crippen molar-refractivity contribution in [3.63, 3.8) is 0 Å². The number of hydrogen-bond acceptors (Lipinski definition) is 6. The number of rotatable bonds is 8. The fraction of sp³-hybridized carbons (Fsp3) is 1.00. The van der Waals surface area contributed by atoms with Crippen molar-refractivity contribution >= 4 is 10.3 Å². The third-order valence-electron chi connectivity index (χ3n) is 2.83. The van der Waals surface area contributed by atoms with Gasteiger partial charge in [-0.1, -0.05) is 0 Å². The van der Waals surface area contributed by atoms with E-state index >= 15 is 0 Å². The second-order valence-corrected chi connectivity index (χ2v) is 5.96. The molecule has 9 heteroatoms. The van der Waals surface area contributed by atoms with Gasteiger partial charge in [0.15, 0.2) is 0 Å². The van der Waals surface area contributed by atoms with Crippen molar-refractivity contribution in [2.24, 2.45) is 0 Å². The molecule has 19 heavy (non-hydrogen) atoms. The van der Waals surface area contributed by atoms with Gasteiger partial charge in [0, 0.05) is 33.2 Å². The third kappa shape index (κ3) is 7.16. The molecule has 1 aliphatic heterocycles. The molecule has 1 atom stereocenters. The van der Waals surface area contributed by atoms with Crippen LogP contribution < -0.4 is 0 Å². The van der Waals surface area contributed by atoms with Crippen LogP contribution in [0.1, 0.15) is 0 Å². The van der Waals surface area contributed by atoms with Crippen molar-refractivity contribution in [3.05, 3.63) is 0 Å². The molecule has 0 amide bonds. The fourth-order valence-electron chi connectivity index (χ4n) is 1.68. The first-order valence-corrected chi connectivity index (χ1v) is 7.54. The van der Waals surface area contributed by atoms with Crippen LogP contribution >= 0.6 is 0 Å². The van der Waals surface area contributed by atoms with E-state index in [1.807, 2.05) is 0 Å². The number of nitrogens with zero attached hydrogens (tertiary/aromatic N) is 2. The summed E-state index contributed by atoms with van der Waals surface area (Å²) in [5.74, 6) is 0. The van der Waals surface area contributed by atoms with Gasteiger partial charge >= 0.3 is 10.3 Å². The minimum absolute atomic E-state index is 0.0319. The summed E-state index contributed by atoms with van der Waals surface area (Å²) in [5.41, 5.74) is 0. The van der Waals surface area contributed by atoms with Crippen LogP contribution in [-0.2, 0) is 19.8 Å². The molecule has 0 aromatic carbocycles. The molecule has 0 spiro atoms. The number of hydrogen-bond donors (Lipinski definition) is 2. The molecular weight excluding hydrogens is 276 g/mol. The molecule has 1 heterocycles. The maximum absolute atomic E-state index is 10.7. The fourth-order valence-corrected chi connectivity index (χ4v) is 2.04. The number of morpholine rings is 1. The van der Waals surface area contributed by atoms with Crippen molar-refractivity contribution < 1.29 is 27.6 Å². The van der Waals surface area contributed by atoms with Gasteiger partial charge in [0.05, 0.1) is 32.5 Å². The van der Waals surface area contributed by atoms with Crippen molar-refractivity contribution in [2.75, 3.05) is 59.7 Å². The molecule has 0 radical (unpaired) electrons. The Morgan fingerprint density at radius 1 is 1.42 bits per heavy atom. The summed E-state index contributed by atoms with van der Waals surface area (Å²) < 4.78 is 41.3. The monoisotopic (exact) mass is 298 g/mol. The average molecular weight is 298 g/mol. The van der Waals surface area contributed by atoms with Crippen LogP contribution in [-0.4, -0.2) is 93.0 Å². The molecule has 1 aliphatic rings. The summed E-state index contributed by atoms with van der Waals surface area (Å²) >= 11 is 0. The lowest BCUT2D eigenvalue weighted by Gasteiger charge is -2.26. The van der Waals surface area contributed by atoms with Gasteiger partial charge in [-0.25, -0.2) is 0 Å². The van der Waals surface area contributed by atoms with Crippen LogP contribution in [0.5, 0.6) is 0 Å². The SMILES string of the molecule is CN(C[C@H](O)COCCN1CCOCC1)S(=O)(=O)O. The van der Waals surface area contributed by atoms with E-state index in [9.17, 15) is 13.5 Å². The molecule has 8 nitrogen and oxygen atoms in total. The smallest absolute Gasteiger partial charge is 0.335 e. The minimum atomic E-state index is -4.25. The van der Waals surface area contributed by atoms with Gasteiger partial charge in [-0.2, -0.15) is 12.7 Å². The van der Waals surface area contributed by atoms with Gasteiger partial charge in [-0.15, -0.1) is 0 Å². The molecule has 2 N–H and O–H groups in total. The van der Waals surface area contributed by atoms with Crippen molar-refractivity contribution in [1.82, 2.24) is 9.21 Å². The van der Waals surface area contributed by atoms with Crippen LogP contribution in [0.4, 0.5) is 0 Å². The molecule has 0 bridgehead atoms. The molecule has 1 fully saturated rings. The van der Waals surface area contributed by atoms with Crippen LogP contribution in [0.2, 0.25) is 0 Å². The third-order valence-corrected chi connectivity index (χ3v) is 3.76. The maximum atomic E-state index is 10.7. The van der Waals surface area contributed by atoms with Gasteiger partial charge < -0.3 is 14.6 Å². The van der Waals surface area contributed by atoms with Crippen LogP contribution in [0.3, 0.4) is 0 Å². The largest absolute Gasteiger partial charge is 0.389 e. The van der Waals surface area contributed by atoms with Gasteiger partial charge in [0.2, 0.25) is 0 Å². The standard InChI is InChI=1S/C10H22N2O6S/c1-11(19(14,15)16)8-10(13)9-18-7-4-12-2-5-17-6-3-12/h10,13H,2-9H2,1H3,(H,14,15,16)/t10-/m0/s1. The Kier molecular flexibility index (Phi) is 7.15. The van der Waals surface area contributed by atoms with Crippen molar-refractivity contribution in [3.8, 4) is 0 Å². The lowest BCUT2D eigenvalue weighted by Crippen LogP contribution is -2.39. The highest BCUT2D eigenvalue weighted by Crippen LogP contribution is 1.98. The topological polar surface area (TPSA) is 99.5 Å². The van der Waals surface area contributed by atoms with Gasteiger partial charge in [0.25, 0.3) is 0 Å². The zero-order chi connectivity index (χ0) is 14.3. The first-order chi connectivity index (χ1) is 8.89. The Bertz CT molecular complexity index is 344. The minimum Gasteiger partial charge on any atom is -0.389 e. The maximum Gasteiger partial charge on any atom is 0.335 e. The van der Waals surface area contributed by atoms with Gasteiger partial charge in [0.1, 0.15) is 0 Å². The van der Waals surface area contributed by atoms with E-state index in [2.05, 4.69) is 4.90 Å². The highest BCUT2D eigenvalue weighted by atomic mass is 32.2. The molecule has 114 valence electrons. The van der Waals surface area contributed by atoms with E-state index in [1.54, 1.807) is 0 Å². The normalized spacial score (nSPS) is 19.8. The predicted octanol–water partition coefficient (Wildman–Crippen LogP) is -1.57. The number of likely N-dealkylation sites (N-methyl/N-ethyl adjacent to an activating group) is 1. The Hall–Kier alpha value is -0.290. The van der Waals surface area contributed by atoms with E-state index in [-0.39, 0.29) is 13.2 Å². The summed E-state index contributed by atoms with van der Waals surface area (Å²) in [6, 6.07) is 0. The molecule has 0 aromatic heterocycles. The Balaban J connectivity index is 2.08. The molecule has 0 saturated carbocycles. The number of aliphatic hydroxyl groups excluding tert-OH is 1. The molecule has 0 aliphatic carbocycles.